The van der Waals surface area contributed by atoms with Crippen molar-refractivity contribution in [2.24, 2.45) is 0 Å². The van der Waals surface area contributed by atoms with Crippen molar-refractivity contribution >= 4 is 18.6 Å². The summed E-state index contributed by atoms with van der Waals surface area (Å²) in [5.74, 6) is -1.57. The standard InChI is InChI=1S/C2H4O3S.H3N/c3-1(4)2(5)6;/h2,5-6H,(H,3,4);1H3. The number of carbonyl (C=O) groups is 1. The van der Waals surface area contributed by atoms with E-state index < -0.39 is 11.4 Å². The zero-order valence-electron chi connectivity index (χ0n) is 3.79. The molecule has 0 aromatic rings. The molecular weight excluding hydrogens is 118 g/mol. The first kappa shape index (κ1) is 9.88. The summed E-state index contributed by atoms with van der Waals surface area (Å²) in [4.78, 5) is 9.26. The third-order valence-electron chi connectivity index (χ3n) is 0.211. The molecule has 0 saturated heterocycles. The molecule has 0 fully saturated rings. The number of aliphatic carboxylic acids is 1. The van der Waals surface area contributed by atoms with Gasteiger partial charge in [0, 0.05) is 0 Å². The van der Waals surface area contributed by atoms with Gasteiger partial charge in [-0.05, 0) is 0 Å². The molecule has 1 unspecified atom stereocenters. The number of aliphatic hydroxyl groups excluding tert-OH is 1. The molecule has 0 saturated carbocycles. The number of quaternary nitrogens is 1. The smallest absolute Gasteiger partial charge is 0.136 e. The van der Waals surface area contributed by atoms with Crippen molar-refractivity contribution in [3.8, 4) is 0 Å². The van der Waals surface area contributed by atoms with E-state index in [1.165, 1.54) is 0 Å². The van der Waals surface area contributed by atoms with E-state index in [1.807, 2.05) is 0 Å². The Morgan fingerprint density at radius 1 is 1.86 bits per heavy atom. The lowest BCUT2D eigenvalue weighted by molar-refractivity contribution is -0.310. The SMILES string of the molecule is O=C([O-])C(O)S.[NH4+]. The quantitative estimate of drug-likeness (QED) is 0.289. The molecule has 0 heterocycles. The maximum absolute atomic E-state index is 9.26. The van der Waals surface area contributed by atoms with E-state index in [4.69, 9.17) is 5.11 Å². The molecule has 0 aliphatic carbocycles. The third kappa shape index (κ3) is 5.74. The molecule has 1 atom stereocenters. The van der Waals surface area contributed by atoms with Gasteiger partial charge in [-0.25, -0.2) is 0 Å². The lowest BCUT2D eigenvalue weighted by atomic mass is 10.7. The van der Waals surface area contributed by atoms with Gasteiger partial charge in [-0.3, -0.25) is 0 Å². The van der Waals surface area contributed by atoms with E-state index in [9.17, 15) is 9.90 Å². The highest BCUT2D eigenvalue weighted by Gasteiger charge is 1.90. The normalized spacial score (nSPS) is 11.7. The average Bonchev–Trinajstić information content (AvgIpc) is 1.36. The molecule has 0 spiro atoms. The van der Waals surface area contributed by atoms with E-state index >= 15 is 0 Å². The van der Waals surface area contributed by atoms with Crippen molar-refractivity contribution < 1.29 is 15.0 Å². The molecule has 0 aromatic carbocycles. The fourth-order valence-electron chi connectivity index (χ4n) is 0. The topological polar surface area (TPSA) is 96.9 Å². The molecule has 0 radical (unpaired) electrons. The molecule has 0 aliphatic rings. The molecule has 44 valence electrons. The van der Waals surface area contributed by atoms with E-state index in [0.717, 1.165) is 0 Å². The second kappa shape index (κ2) is 3.91. The first-order chi connectivity index (χ1) is 2.64. The molecule has 0 aliphatic heterocycles. The van der Waals surface area contributed by atoms with Gasteiger partial charge in [-0.2, -0.15) is 0 Å². The number of carboxylic acids is 1. The predicted molar refractivity (Wildman–Crippen MR) is 26.0 cm³/mol. The van der Waals surface area contributed by atoms with Crippen LogP contribution in [0.3, 0.4) is 0 Å². The van der Waals surface area contributed by atoms with Crippen LogP contribution in [0.4, 0.5) is 0 Å². The maximum Gasteiger partial charge on any atom is 0.136 e. The van der Waals surface area contributed by atoms with Crippen LogP contribution in [0.1, 0.15) is 0 Å². The van der Waals surface area contributed by atoms with Crippen molar-refractivity contribution in [1.29, 1.82) is 0 Å². The Kier molecular flexibility index (Phi) is 5.53. The summed E-state index contributed by atoms with van der Waals surface area (Å²) in [6, 6.07) is 0. The summed E-state index contributed by atoms with van der Waals surface area (Å²) in [5, 5.41) is 17.1. The van der Waals surface area contributed by atoms with Crippen LogP contribution in [-0.4, -0.2) is 16.5 Å². The minimum atomic E-state index is -1.65. The van der Waals surface area contributed by atoms with E-state index in [-0.39, 0.29) is 6.15 Å². The molecule has 0 bridgehead atoms. The van der Waals surface area contributed by atoms with Gasteiger partial charge < -0.3 is 21.2 Å². The molecule has 5 heteroatoms. The highest BCUT2D eigenvalue weighted by molar-refractivity contribution is 7.81. The van der Waals surface area contributed by atoms with Crippen molar-refractivity contribution in [3.05, 3.63) is 0 Å². The van der Waals surface area contributed by atoms with Gasteiger partial charge in [0.1, 0.15) is 5.44 Å². The van der Waals surface area contributed by atoms with Crippen LogP contribution in [0.25, 0.3) is 0 Å². The molecule has 0 amide bonds. The fraction of sp³-hybridized carbons (Fsp3) is 0.500. The first-order valence-corrected chi connectivity index (χ1v) is 1.73. The summed E-state index contributed by atoms with van der Waals surface area (Å²) in [5.41, 5.74) is -1.65. The van der Waals surface area contributed by atoms with Crippen molar-refractivity contribution in [3.63, 3.8) is 0 Å². The summed E-state index contributed by atoms with van der Waals surface area (Å²) in [6.45, 7) is 0. The molecule has 0 rings (SSSR count). The van der Waals surface area contributed by atoms with Crippen LogP contribution in [-0.2, 0) is 4.79 Å². The number of carboxylic acid groups (broad SMARTS) is 1. The van der Waals surface area contributed by atoms with E-state index in [0.29, 0.717) is 0 Å². The van der Waals surface area contributed by atoms with E-state index in [1.54, 1.807) is 0 Å². The van der Waals surface area contributed by atoms with Crippen LogP contribution in [0.15, 0.2) is 0 Å². The van der Waals surface area contributed by atoms with Crippen molar-refractivity contribution in [2.45, 2.75) is 5.44 Å². The molecular formula is C2H7NO3S. The summed E-state index contributed by atoms with van der Waals surface area (Å²) < 4.78 is 0. The fourth-order valence-corrected chi connectivity index (χ4v) is 0. The van der Waals surface area contributed by atoms with Crippen molar-refractivity contribution in [1.82, 2.24) is 6.15 Å². The zero-order chi connectivity index (χ0) is 5.15. The first-order valence-electron chi connectivity index (χ1n) is 1.21. The third-order valence-corrected chi connectivity index (χ3v) is 0.422. The Balaban J connectivity index is 0. The number of hydrogen-bond donors (Lipinski definition) is 3. The Bertz CT molecular complexity index is 64.0. The van der Waals surface area contributed by atoms with Crippen molar-refractivity contribution in [2.75, 3.05) is 0 Å². The molecule has 7 heavy (non-hydrogen) atoms. The molecule has 4 nitrogen and oxygen atoms in total. The highest BCUT2D eigenvalue weighted by atomic mass is 32.1. The molecule has 5 N–H and O–H groups in total. The van der Waals surface area contributed by atoms with Crippen LogP contribution in [0.2, 0.25) is 0 Å². The van der Waals surface area contributed by atoms with Gasteiger partial charge in [0.05, 0.1) is 5.97 Å². The predicted octanol–water partition coefficient (Wildman–Crippen LogP) is -1.64. The number of aliphatic hydroxyl groups is 1. The maximum atomic E-state index is 9.26. The monoisotopic (exact) mass is 125 g/mol. The van der Waals surface area contributed by atoms with Gasteiger partial charge in [0.25, 0.3) is 0 Å². The Labute approximate surface area is 46.1 Å². The van der Waals surface area contributed by atoms with Gasteiger partial charge in [0.15, 0.2) is 0 Å². The van der Waals surface area contributed by atoms with Crippen LogP contribution in [0, 0.1) is 0 Å². The minimum absolute atomic E-state index is 0. The second-order valence-corrected chi connectivity index (χ2v) is 1.18. The van der Waals surface area contributed by atoms with Crippen LogP contribution < -0.4 is 11.3 Å². The number of rotatable bonds is 1. The van der Waals surface area contributed by atoms with Gasteiger partial charge in [0.2, 0.25) is 0 Å². The zero-order valence-corrected chi connectivity index (χ0v) is 4.68. The van der Waals surface area contributed by atoms with E-state index in [2.05, 4.69) is 12.6 Å². The number of carbonyl (C=O) groups excluding carboxylic acids is 1. The summed E-state index contributed by atoms with van der Waals surface area (Å²) in [6.07, 6.45) is 0. The molecule has 0 aromatic heterocycles. The second-order valence-electron chi connectivity index (χ2n) is 0.693. The average molecular weight is 125 g/mol. The Morgan fingerprint density at radius 2 is 2.00 bits per heavy atom. The lowest BCUT2D eigenvalue weighted by Gasteiger charge is -1.99. The minimum Gasteiger partial charge on any atom is -0.546 e. The highest BCUT2D eigenvalue weighted by Crippen LogP contribution is 1.80. The largest absolute Gasteiger partial charge is 0.546 e. The summed E-state index contributed by atoms with van der Waals surface area (Å²) in [7, 11) is 0. The van der Waals surface area contributed by atoms with Gasteiger partial charge in [-0.15, -0.1) is 12.6 Å². The Hall–Kier alpha value is -0.260. The van der Waals surface area contributed by atoms with Gasteiger partial charge in [-0.1, -0.05) is 0 Å². The Morgan fingerprint density at radius 3 is 2.00 bits per heavy atom. The van der Waals surface area contributed by atoms with Gasteiger partial charge >= 0.3 is 0 Å². The van der Waals surface area contributed by atoms with Crippen LogP contribution >= 0.6 is 12.6 Å². The van der Waals surface area contributed by atoms with Crippen LogP contribution in [0.5, 0.6) is 0 Å². The lowest BCUT2D eigenvalue weighted by Crippen LogP contribution is -2.31. The summed E-state index contributed by atoms with van der Waals surface area (Å²) >= 11 is 3.09. The number of hydrogen-bond acceptors (Lipinski definition) is 4. The number of thiol groups is 1.